The quantitative estimate of drug-likeness (QED) is 0.0929. The van der Waals surface area contributed by atoms with E-state index in [4.69, 9.17) is 14.2 Å². The van der Waals surface area contributed by atoms with Gasteiger partial charge in [-0.2, -0.15) is 11.8 Å². The molecule has 6 N–H and O–H groups in total. The maximum atomic E-state index is 13.0. The fourth-order valence-corrected chi connectivity index (χ4v) is 6.37. The number of rotatable bonds is 18. The zero-order valence-electron chi connectivity index (χ0n) is 28.2. The lowest BCUT2D eigenvalue weighted by Crippen LogP contribution is -2.68. The third-order valence-electron chi connectivity index (χ3n) is 7.64. The molecule has 3 amide bonds. The van der Waals surface area contributed by atoms with Gasteiger partial charge in [0.2, 0.25) is 11.8 Å². The molecule has 1 fully saturated rings. The Kier molecular flexibility index (Phi) is 16.7. The van der Waals surface area contributed by atoms with Crippen molar-refractivity contribution in [2.24, 2.45) is 0 Å². The summed E-state index contributed by atoms with van der Waals surface area (Å²) in [6.45, 7) is 2.54. The molecule has 2 aromatic carbocycles. The number of carbonyl (C=O) groups excluding carboxylic acids is 5. The number of benzene rings is 2. The lowest BCUT2D eigenvalue weighted by molar-refractivity contribution is -0.311. The normalized spacial score (nSPS) is 21.4. The van der Waals surface area contributed by atoms with E-state index in [1.54, 1.807) is 24.3 Å². The topological polar surface area (TPSA) is 210 Å². The van der Waals surface area contributed by atoms with Crippen molar-refractivity contribution in [3.63, 3.8) is 0 Å². The van der Waals surface area contributed by atoms with E-state index in [2.05, 4.69) is 16.0 Å². The van der Waals surface area contributed by atoms with Crippen LogP contribution in [0, 0.1) is 0 Å². The van der Waals surface area contributed by atoms with Gasteiger partial charge in [0.25, 0.3) is 11.7 Å². The fraction of sp³-hybridized carbons (Fsp3) is 0.500. The number of hydrogen-bond acceptors (Lipinski definition) is 13. The summed E-state index contributed by atoms with van der Waals surface area (Å²) in [5.41, 5.74) is 2.21. The van der Waals surface area contributed by atoms with Gasteiger partial charge < -0.3 is 45.5 Å². The second kappa shape index (κ2) is 20.4. The van der Waals surface area contributed by atoms with Crippen LogP contribution in [0.5, 0.6) is 0 Å². The molecule has 1 heterocycles. The summed E-state index contributed by atoms with van der Waals surface area (Å²) in [5.74, 6) is -3.25. The van der Waals surface area contributed by atoms with Crippen LogP contribution in [0.4, 0.5) is 0 Å². The monoisotopic (exact) mass is 735 g/mol. The minimum Gasteiger partial charge on any atom is -0.465 e. The molecule has 0 aromatic heterocycles. The molecule has 0 bridgehead atoms. The lowest BCUT2D eigenvalue weighted by Gasteiger charge is -2.47. The number of carbonyl (C=O) groups is 5. The molecule has 6 atom stereocenters. The molecule has 14 nitrogen and oxygen atoms in total. The first kappa shape index (κ1) is 40.9. The molecule has 0 unspecified atom stereocenters. The molecule has 0 spiro atoms. The minimum atomic E-state index is -2.18. The third-order valence-corrected chi connectivity index (χ3v) is 9.52. The SMILES string of the molecule is COC(=O)[C@@]1(OCCCSCCNC(=O)CSC(C)=O)C[C@@H](O)[C@@H](NC(C)=O)[C@@H]([C@H](O)[C@H](O)CNC(=O)c2ccc(-c3ccccc3)cc2)O1. The van der Waals surface area contributed by atoms with E-state index >= 15 is 0 Å². The van der Waals surface area contributed by atoms with Crippen LogP contribution in [-0.4, -0.2) is 124 Å². The number of nitrogens with one attached hydrogen (secondary N) is 3. The third kappa shape index (κ3) is 12.4. The number of esters is 1. The van der Waals surface area contributed by atoms with Crippen LogP contribution in [0.1, 0.15) is 37.0 Å². The van der Waals surface area contributed by atoms with E-state index in [1.165, 1.54) is 25.6 Å². The van der Waals surface area contributed by atoms with Crippen LogP contribution >= 0.6 is 23.5 Å². The summed E-state index contributed by atoms with van der Waals surface area (Å²) in [5, 5.41) is 40.9. The van der Waals surface area contributed by atoms with Gasteiger partial charge in [-0.3, -0.25) is 19.2 Å². The Morgan fingerprint density at radius 2 is 1.66 bits per heavy atom. The number of aliphatic hydroxyl groups is 3. The molecule has 0 radical (unpaired) electrons. The van der Waals surface area contributed by atoms with Crippen LogP contribution in [0.15, 0.2) is 54.6 Å². The Morgan fingerprint density at radius 3 is 2.30 bits per heavy atom. The van der Waals surface area contributed by atoms with E-state index in [0.717, 1.165) is 30.0 Å². The molecule has 50 heavy (non-hydrogen) atoms. The summed E-state index contributed by atoms with van der Waals surface area (Å²) < 4.78 is 16.8. The Balaban J connectivity index is 1.59. The molecule has 16 heteroatoms. The molecular formula is C34H45N3O11S2. The van der Waals surface area contributed by atoms with Gasteiger partial charge in [-0.15, -0.1) is 0 Å². The molecular weight excluding hydrogens is 691 g/mol. The molecule has 0 aliphatic carbocycles. The highest BCUT2D eigenvalue weighted by atomic mass is 32.2. The van der Waals surface area contributed by atoms with Crippen molar-refractivity contribution in [1.29, 1.82) is 0 Å². The maximum absolute atomic E-state index is 13.0. The molecule has 0 saturated carbocycles. The average Bonchev–Trinajstić information content (AvgIpc) is 3.11. The van der Waals surface area contributed by atoms with Crippen molar-refractivity contribution in [2.45, 2.75) is 62.9 Å². The van der Waals surface area contributed by atoms with Crippen LogP contribution in [0.3, 0.4) is 0 Å². The molecule has 274 valence electrons. The van der Waals surface area contributed by atoms with Crippen molar-refractivity contribution in [1.82, 2.24) is 16.0 Å². The zero-order valence-corrected chi connectivity index (χ0v) is 29.8. The zero-order chi connectivity index (χ0) is 36.7. The van der Waals surface area contributed by atoms with E-state index in [0.29, 0.717) is 30.0 Å². The Labute approximate surface area is 299 Å². The molecule has 1 aliphatic rings. The van der Waals surface area contributed by atoms with E-state index in [9.17, 15) is 39.3 Å². The van der Waals surface area contributed by atoms with Crippen molar-refractivity contribution in [2.75, 3.05) is 44.1 Å². The van der Waals surface area contributed by atoms with Crippen LogP contribution < -0.4 is 16.0 Å². The van der Waals surface area contributed by atoms with Gasteiger partial charge in [-0.05, 0) is 35.4 Å². The standard InChI is InChI=1S/C34H45N3O11S2/c1-21(38)37-29-26(40)18-34(33(45)46-3,47-15-7-16-49-17-14-35-28(42)20-50-22(2)39)48-31(29)30(43)27(41)19-36-32(44)25-12-10-24(11-13-25)23-8-5-4-6-9-23/h4-6,8-13,26-27,29-31,40-41,43H,7,14-20H2,1-3H3,(H,35,42)(H,36,44)(H,37,38)/t26-,27-,29-,30-,31+,34-/m1/s1. The number of thioether (sulfide) groups is 2. The highest BCUT2D eigenvalue weighted by Gasteiger charge is 2.56. The number of ether oxygens (including phenoxy) is 3. The van der Waals surface area contributed by atoms with Gasteiger partial charge in [0.15, 0.2) is 5.12 Å². The van der Waals surface area contributed by atoms with E-state index < -0.39 is 67.0 Å². The van der Waals surface area contributed by atoms with Crippen LogP contribution in [0.25, 0.3) is 11.1 Å². The summed E-state index contributed by atoms with van der Waals surface area (Å²) in [6, 6.07) is 15.2. The van der Waals surface area contributed by atoms with Crippen molar-refractivity contribution >= 4 is 52.3 Å². The summed E-state index contributed by atoms with van der Waals surface area (Å²) in [7, 11) is 1.10. The van der Waals surface area contributed by atoms with Gasteiger partial charge in [-0.25, -0.2) is 4.79 Å². The number of hydrogen-bond donors (Lipinski definition) is 6. The van der Waals surface area contributed by atoms with Crippen LogP contribution in [-0.2, 0) is 33.4 Å². The number of amides is 3. The highest BCUT2D eigenvalue weighted by molar-refractivity contribution is 8.14. The lowest BCUT2D eigenvalue weighted by atomic mass is 9.88. The molecule has 1 saturated heterocycles. The average molecular weight is 736 g/mol. The smallest absolute Gasteiger partial charge is 0.366 e. The predicted octanol–water partition coefficient (Wildman–Crippen LogP) is 0.865. The summed E-state index contributed by atoms with van der Waals surface area (Å²) >= 11 is 2.44. The van der Waals surface area contributed by atoms with Crippen molar-refractivity contribution < 1.29 is 53.5 Å². The van der Waals surface area contributed by atoms with Gasteiger partial charge in [0.05, 0.1) is 37.7 Å². The van der Waals surface area contributed by atoms with Gasteiger partial charge in [0, 0.05) is 44.7 Å². The molecule has 2 aromatic rings. The van der Waals surface area contributed by atoms with E-state index in [-0.39, 0.29) is 23.4 Å². The summed E-state index contributed by atoms with van der Waals surface area (Å²) in [4.78, 5) is 60.6. The van der Waals surface area contributed by atoms with Gasteiger partial charge in [-0.1, -0.05) is 54.2 Å². The Bertz CT molecular complexity index is 1430. The second-order valence-electron chi connectivity index (χ2n) is 11.5. The first-order valence-electron chi connectivity index (χ1n) is 16.0. The maximum Gasteiger partial charge on any atom is 0.366 e. The number of methoxy groups -OCH3 is 1. The second-order valence-corrected chi connectivity index (χ2v) is 13.9. The summed E-state index contributed by atoms with van der Waals surface area (Å²) in [6.07, 6.45) is -6.50. The molecule has 1 aliphatic heterocycles. The van der Waals surface area contributed by atoms with E-state index in [1.807, 2.05) is 30.3 Å². The first-order chi connectivity index (χ1) is 23.9. The minimum absolute atomic E-state index is 0.0221. The number of aliphatic hydroxyl groups excluding tert-OH is 3. The van der Waals surface area contributed by atoms with Gasteiger partial charge >= 0.3 is 5.97 Å². The Hall–Kier alpha value is -3.51. The predicted molar refractivity (Wildman–Crippen MR) is 188 cm³/mol. The van der Waals surface area contributed by atoms with Crippen LogP contribution in [0.2, 0.25) is 0 Å². The Morgan fingerprint density at radius 1 is 0.980 bits per heavy atom. The van der Waals surface area contributed by atoms with Crippen molar-refractivity contribution in [3.8, 4) is 11.1 Å². The van der Waals surface area contributed by atoms with Crippen molar-refractivity contribution in [3.05, 3.63) is 60.2 Å². The highest BCUT2D eigenvalue weighted by Crippen LogP contribution is 2.34. The molecule has 3 rings (SSSR count). The largest absolute Gasteiger partial charge is 0.465 e. The van der Waals surface area contributed by atoms with Gasteiger partial charge in [0.1, 0.15) is 12.2 Å². The fourth-order valence-electron chi connectivity index (χ4n) is 5.16. The first-order valence-corrected chi connectivity index (χ1v) is 18.1.